The third-order valence-corrected chi connectivity index (χ3v) is 5.12. The topological polar surface area (TPSA) is 66.0 Å². The van der Waals surface area contributed by atoms with Gasteiger partial charge in [-0.25, -0.2) is 4.98 Å². The molecule has 4 rings (SSSR count). The molecule has 1 atom stereocenters. The Balaban J connectivity index is 1.53. The van der Waals surface area contributed by atoms with Crippen LogP contribution in [-0.2, 0) is 0 Å². The molecule has 6 nitrogen and oxygen atoms in total. The lowest BCUT2D eigenvalue weighted by molar-refractivity contribution is 0.414. The first-order chi connectivity index (χ1) is 13.2. The number of rotatable bonds is 6. The monoisotopic (exact) mass is 378 g/mol. The first kappa shape index (κ1) is 17.4. The Hall–Kier alpha value is -3.06. The molecule has 0 saturated heterocycles. The van der Waals surface area contributed by atoms with Gasteiger partial charge in [-0.2, -0.15) is 0 Å². The SMILES string of the molecule is COc1ccc(-n2ccnc2S[C@H](C)c2nnc(-c3ccccc3)o2)cc1. The number of hydrogen-bond acceptors (Lipinski definition) is 6. The summed E-state index contributed by atoms with van der Waals surface area (Å²) in [5.74, 6) is 1.92. The molecule has 0 amide bonds. The van der Waals surface area contributed by atoms with E-state index in [1.54, 1.807) is 25.1 Å². The highest BCUT2D eigenvalue weighted by Gasteiger charge is 2.19. The first-order valence-corrected chi connectivity index (χ1v) is 9.36. The van der Waals surface area contributed by atoms with E-state index in [-0.39, 0.29) is 5.25 Å². The summed E-state index contributed by atoms with van der Waals surface area (Å²) in [5.41, 5.74) is 1.92. The second-order valence-electron chi connectivity index (χ2n) is 5.85. The molecule has 27 heavy (non-hydrogen) atoms. The summed E-state index contributed by atoms with van der Waals surface area (Å²) in [6.07, 6.45) is 3.71. The highest BCUT2D eigenvalue weighted by atomic mass is 32.2. The number of thioether (sulfide) groups is 1. The fourth-order valence-electron chi connectivity index (χ4n) is 2.62. The van der Waals surface area contributed by atoms with Gasteiger partial charge in [0.15, 0.2) is 5.16 Å². The molecular weight excluding hydrogens is 360 g/mol. The summed E-state index contributed by atoms with van der Waals surface area (Å²) in [6, 6.07) is 17.6. The van der Waals surface area contributed by atoms with Gasteiger partial charge in [-0.05, 0) is 43.3 Å². The number of methoxy groups -OCH3 is 1. The molecule has 4 aromatic rings. The van der Waals surface area contributed by atoms with Crippen LogP contribution >= 0.6 is 11.8 Å². The number of aromatic nitrogens is 4. The Kier molecular flexibility index (Phi) is 4.93. The molecule has 2 aromatic carbocycles. The third-order valence-electron chi connectivity index (χ3n) is 4.05. The minimum atomic E-state index is -0.0330. The normalized spacial score (nSPS) is 12.1. The molecule has 0 radical (unpaired) electrons. The van der Waals surface area contributed by atoms with Crippen LogP contribution in [0.5, 0.6) is 5.75 Å². The smallest absolute Gasteiger partial charge is 0.247 e. The van der Waals surface area contributed by atoms with Gasteiger partial charge in [-0.1, -0.05) is 30.0 Å². The van der Waals surface area contributed by atoms with Gasteiger partial charge >= 0.3 is 0 Å². The van der Waals surface area contributed by atoms with E-state index in [9.17, 15) is 0 Å². The van der Waals surface area contributed by atoms with Crippen molar-refractivity contribution in [2.24, 2.45) is 0 Å². The number of hydrogen-bond donors (Lipinski definition) is 0. The quantitative estimate of drug-likeness (QED) is 0.450. The number of benzene rings is 2. The summed E-state index contributed by atoms with van der Waals surface area (Å²) in [6.45, 7) is 2.03. The van der Waals surface area contributed by atoms with Crippen LogP contribution in [0.25, 0.3) is 17.1 Å². The molecule has 0 N–H and O–H groups in total. The molecule has 2 aromatic heterocycles. The van der Waals surface area contributed by atoms with Crippen molar-refractivity contribution in [1.29, 1.82) is 0 Å². The van der Waals surface area contributed by atoms with Crippen molar-refractivity contribution in [2.45, 2.75) is 17.3 Å². The molecule has 0 aliphatic carbocycles. The average Bonchev–Trinajstić information content (AvgIpc) is 3.38. The van der Waals surface area contributed by atoms with Gasteiger partial charge in [0.05, 0.1) is 12.4 Å². The van der Waals surface area contributed by atoms with Crippen LogP contribution in [0.1, 0.15) is 18.1 Å². The van der Waals surface area contributed by atoms with Crippen molar-refractivity contribution in [3.05, 3.63) is 72.9 Å². The summed E-state index contributed by atoms with van der Waals surface area (Å²) in [7, 11) is 1.66. The summed E-state index contributed by atoms with van der Waals surface area (Å²) in [5, 5.41) is 9.19. The third kappa shape index (κ3) is 3.73. The van der Waals surface area contributed by atoms with Crippen LogP contribution in [0, 0.1) is 0 Å². The molecule has 0 fully saturated rings. The first-order valence-electron chi connectivity index (χ1n) is 8.48. The second-order valence-corrected chi connectivity index (χ2v) is 7.16. The van der Waals surface area contributed by atoms with Gasteiger partial charge in [0.2, 0.25) is 11.8 Å². The zero-order valence-corrected chi connectivity index (χ0v) is 15.8. The number of nitrogens with zero attached hydrogens (tertiary/aromatic N) is 4. The Labute approximate surface area is 161 Å². The Morgan fingerprint density at radius 3 is 2.56 bits per heavy atom. The molecule has 2 heterocycles. The number of ether oxygens (including phenoxy) is 1. The second kappa shape index (κ2) is 7.67. The lowest BCUT2D eigenvalue weighted by Gasteiger charge is -2.10. The maximum Gasteiger partial charge on any atom is 0.247 e. The largest absolute Gasteiger partial charge is 0.497 e. The molecule has 0 saturated carbocycles. The fraction of sp³-hybridized carbons (Fsp3) is 0.150. The molecule has 0 spiro atoms. The zero-order valence-electron chi connectivity index (χ0n) is 14.9. The molecule has 0 aliphatic rings. The predicted octanol–water partition coefficient (Wildman–Crippen LogP) is 4.78. The van der Waals surface area contributed by atoms with Gasteiger partial charge in [0.1, 0.15) is 5.75 Å². The van der Waals surface area contributed by atoms with Crippen LogP contribution in [-0.4, -0.2) is 26.9 Å². The number of imidazole rings is 1. The van der Waals surface area contributed by atoms with Crippen LogP contribution in [0.4, 0.5) is 0 Å². The molecule has 0 bridgehead atoms. The van der Waals surface area contributed by atoms with Gasteiger partial charge in [-0.3, -0.25) is 4.57 Å². The highest BCUT2D eigenvalue weighted by Crippen LogP contribution is 2.35. The van der Waals surface area contributed by atoms with Crippen molar-refractivity contribution in [2.75, 3.05) is 7.11 Å². The van der Waals surface area contributed by atoms with Crippen molar-refractivity contribution in [1.82, 2.24) is 19.7 Å². The van der Waals surface area contributed by atoms with E-state index in [0.717, 1.165) is 22.2 Å². The molecular formula is C20H18N4O2S. The van der Waals surface area contributed by atoms with E-state index < -0.39 is 0 Å². The predicted molar refractivity (Wildman–Crippen MR) is 104 cm³/mol. The van der Waals surface area contributed by atoms with Crippen molar-refractivity contribution >= 4 is 11.8 Å². The van der Waals surface area contributed by atoms with Gasteiger partial charge in [0.25, 0.3) is 0 Å². The fourth-order valence-corrected chi connectivity index (χ4v) is 3.53. The minimum absolute atomic E-state index is 0.0330. The van der Waals surface area contributed by atoms with Crippen LogP contribution in [0.15, 0.2) is 76.6 Å². The standard InChI is InChI=1S/C20H18N4O2S/c1-14(18-22-23-19(26-18)15-6-4-3-5-7-15)27-20-21-12-13-24(20)16-8-10-17(25-2)11-9-16/h3-14H,1-2H3/t14-/m1/s1. The molecule has 0 unspecified atom stereocenters. The van der Waals surface area contributed by atoms with Gasteiger partial charge in [0, 0.05) is 23.6 Å². The van der Waals surface area contributed by atoms with Crippen molar-refractivity contribution < 1.29 is 9.15 Å². The van der Waals surface area contributed by atoms with E-state index >= 15 is 0 Å². The van der Waals surface area contributed by atoms with Crippen LogP contribution in [0.2, 0.25) is 0 Å². The zero-order chi connectivity index (χ0) is 18.6. The van der Waals surface area contributed by atoms with Gasteiger partial charge < -0.3 is 9.15 Å². The summed E-state index contributed by atoms with van der Waals surface area (Å²) >= 11 is 1.57. The average molecular weight is 378 g/mol. The van der Waals surface area contributed by atoms with E-state index in [1.165, 1.54) is 0 Å². The van der Waals surface area contributed by atoms with E-state index in [1.807, 2.05) is 72.3 Å². The lowest BCUT2D eigenvalue weighted by Crippen LogP contribution is -1.97. The maximum atomic E-state index is 5.86. The molecule has 0 aliphatic heterocycles. The van der Waals surface area contributed by atoms with E-state index in [4.69, 9.17) is 9.15 Å². The van der Waals surface area contributed by atoms with Crippen LogP contribution in [0.3, 0.4) is 0 Å². The van der Waals surface area contributed by atoms with Crippen molar-refractivity contribution in [3.63, 3.8) is 0 Å². The Bertz CT molecular complexity index is 1010. The van der Waals surface area contributed by atoms with Gasteiger partial charge in [-0.15, -0.1) is 10.2 Å². The highest BCUT2D eigenvalue weighted by molar-refractivity contribution is 7.99. The van der Waals surface area contributed by atoms with E-state index in [0.29, 0.717) is 11.8 Å². The maximum absolute atomic E-state index is 5.86. The molecule has 136 valence electrons. The summed E-state index contributed by atoms with van der Waals surface area (Å²) < 4.78 is 13.1. The van der Waals surface area contributed by atoms with Crippen molar-refractivity contribution in [3.8, 4) is 22.9 Å². The lowest BCUT2D eigenvalue weighted by atomic mass is 10.2. The van der Waals surface area contributed by atoms with E-state index in [2.05, 4.69) is 15.2 Å². The Morgan fingerprint density at radius 2 is 1.81 bits per heavy atom. The Morgan fingerprint density at radius 1 is 1.04 bits per heavy atom. The summed E-state index contributed by atoms with van der Waals surface area (Å²) in [4.78, 5) is 4.47. The molecule has 7 heteroatoms. The van der Waals surface area contributed by atoms with Crippen LogP contribution < -0.4 is 4.74 Å². The minimum Gasteiger partial charge on any atom is -0.497 e.